The number of nitrogens with two attached hydrogens (primary N) is 1. The van der Waals surface area contributed by atoms with Gasteiger partial charge in [-0.25, -0.2) is 4.72 Å². The van der Waals surface area contributed by atoms with E-state index in [4.69, 9.17) is 10.9 Å². The molecule has 0 radical (unpaired) electrons. The Balaban J connectivity index is 2.39. The number of amidine groups is 1. The summed E-state index contributed by atoms with van der Waals surface area (Å²) >= 11 is 0. The van der Waals surface area contributed by atoms with Gasteiger partial charge >= 0.3 is 0 Å². The van der Waals surface area contributed by atoms with Crippen LogP contribution in [0.5, 0.6) is 0 Å². The van der Waals surface area contributed by atoms with Crippen LogP contribution in [0.15, 0.2) is 5.16 Å². The molecule has 1 aliphatic rings. The van der Waals surface area contributed by atoms with Crippen LogP contribution in [0.1, 0.15) is 25.7 Å². The van der Waals surface area contributed by atoms with E-state index in [2.05, 4.69) is 9.88 Å². The van der Waals surface area contributed by atoms with Crippen molar-refractivity contribution in [2.45, 2.75) is 25.7 Å². The van der Waals surface area contributed by atoms with Crippen molar-refractivity contribution < 1.29 is 13.6 Å². The molecule has 8 heteroatoms. The summed E-state index contributed by atoms with van der Waals surface area (Å²) in [5.74, 6) is 0.0151. The zero-order valence-electron chi connectivity index (χ0n) is 9.09. The van der Waals surface area contributed by atoms with Crippen LogP contribution in [0, 0.1) is 0 Å². The summed E-state index contributed by atoms with van der Waals surface area (Å²) in [4.78, 5) is 0. The van der Waals surface area contributed by atoms with Gasteiger partial charge in [-0.2, -0.15) is 12.7 Å². The van der Waals surface area contributed by atoms with Crippen molar-refractivity contribution in [2.75, 3.05) is 19.6 Å². The fraction of sp³-hybridized carbons (Fsp3) is 0.875. The second kappa shape index (κ2) is 6.02. The minimum Gasteiger partial charge on any atom is -0.409 e. The molecule has 4 N–H and O–H groups in total. The van der Waals surface area contributed by atoms with Gasteiger partial charge in [0.2, 0.25) is 0 Å². The highest BCUT2D eigenvalue weighted by atomic mass is 32.2. The predicted octanol–water partition coefficient (Wildman–Crippen LogP) is -0.557. The van der Waals surface area contributed by atoms with Gasteiger partial charge in [-0.15, -0.1) is 0 Å². The Morgan fingerprint density at radius 2 is 2.00 bits per heavy atom. The molecule has 0 aromatic carbocycles. The molecule has 7 nitrogen and oxygen atoms in total. The third-order valence-corrected chi connectivity index (χ3v) is 4.06. The zero-order valence-corrected chi connectivity index (χ0v) is 9.91. The first kappa shape index (κ1) is 13.2. The van der Waals surface area contributed by atoms with E-state index in [0.717, 1.165) is 19.3 Å². The lowest BCUT2D eigenvalue weighted by Crippen LogP contribution is -2.44. The van der Waals surface area contributed by atoms with E-state index in [9.17, 15) is 8.42 Å². The molecule has 0 amide bonds. The van der Waals surface area contributed by atoms with Gasteiger partial charge in [0.1, 0.15) is 5.84 Å². The lowest BCUT2D eigenvalue weighted by molar-refractivity contribution is 0.316. The number of oxime groups is 1. The highest BCUT2D eigenvalue weighted by Gasteiger charge is 2.22. The molecule has 1 aliphatic heterocycles. The van der Waals surface area contributed by atoms with Crippen molar-refractivity contribution in [3.63, 3.8) is 0 Å². The van der Waals surface area contributed by atoms with Crippen molar-refractivity contribution >= 4 is 16.0 Å². The van der Waals surface area contributed by atoms with Crippen LogP contribution in [0.2, 0.25) is 0 Å². The topological polar surface area (TPSA) is 108 Å². The summed E-state index contributed by atoms with van der Waals surface area (Å²) in [6.45, 7) is 1.28. The van der Waals surface area contributed by atoms with Crippen molar-refractivity contribution in [3.8, 4) is 0 Å². The Morgan fingerprint density at radius 1 is 1.38 bits per heavy atom. The second-order valence-corrected chi connectivity index (χ2v) is 5.46. The summed E-state index contributed by atoms with van der Waals surface area (Å²) in [7, 11) is -3.40. The number of hydrogen-bond donors (Lipinski definition) is 3. The number of nitrogens with one attached hydrogen (secondary N) is 1. The number of nitrogens with zero attached hydrogens (tertiary/aromatic N) is 2. The van der Waals surface area contributed by atoms with E-state index in [1.54, 1.807) is 0 Å². The SMILES string of the molecule is NC(CCNS(=O)(=O)N1CCCCC1)=NO. The van der Waals surface area contributed by atoms with Gasteiger partial charge < -0.3 is 10.9 Å². The first-order valence-corrected chi connectivity index (χ1v) is 6.71. The van der Waals surface area contributed by atoms with Crippen LogP contribution in [-0.4, -0.2) is 43.4 Å². The molecule has 1 rings (SSSR count). The summed E-state index contributed by atoms with van der Waals surface area (Å²) in [5, 5.41) is 11.1. The third kappa shape index (κ3) is 3.95. The van der Waals surface area contributed by atoms with E-state index in [0.29, 0.717) is 13.1 Å². The predicted molar refractivity (Wildman–Crippen MR) is 60.4 cm³/mol. The highest BCUT2D eigenvalue weighted by Crippen LogP contribution is 2.11. The molecule has 0 bridgehead atoms. The lowest BCUT2D eigenvalue weighted by Gasteiger charge is -2.25. The minimum atomic E-state index is -3.40. The van der Waals surface area contributed by atoms with Gasteiger partial charge in [-0.05, 0) is 12.8 Å². The minimum absolute atomic E-state index is 0.0151. The van der Waals surface area contributed by atoms with Gasteiger partial charge in [0.15, 0.2) is 0 Å². The standard InChI is InChI=1S/C8H18N4O3S/c9-8(11-13)4-5-10-16(14,15)12-6-2-1-3-7-12/h10,13H,1-7H2,(H2,9,11). The molecule has 1 fully saturated rings. The number of rotatable bonds is 5. The van der Waals surface area contributed by atoms with E-state index < -0.39 is 10.2 Å². The van der Waals surface area contributed by atoms with E-state index >= 15 is 0 Å². The molecule has 0 spiro atoms. The molecule has 0 aromatic heterocycles. The molecule has 0 saturated carbocycles. The molecule has 0 atom stereocenters. The fourth-order valence-corrected chi connectivity index (χ4v) is 2.84. The van der Waals surface area contributed by atoms with Gasteiger partial charge in [-0.1, -0.05) is 11.6 Å². The van der Waals surface area contributed by atoms with Crippen LogP contribution in [-0.2, 0) is 10.2 Å². The second-order valence-electron chi connectivity index (χ2n) is 3.70. The summed E-state index contributed by atoms with van der Waals surface area (Å²) in [6, 6.07) is 0. The Labute approximate surface area is 95.5 Å². The number of hydrogen-bond acceptors (Lipinski definition) is 4. The van der Waals surface area contributed by atoms with Crippen LogP contribution in [0.25, 0.3) is 0 Å². The van der Waals surface area contributed by atoms with Gasteiger partial charge in [0.05, 0.1) is 0 Å². The summed E-state index contributed by atoms with van der Waals surface area (Å²) in [5.41, 5.74) is 5.23. The molecular formula is C8H18N4O3S. The van der Waals surface area contributed by atoms with Crippen LogP contribution in [0.3, 0.4) is 0 Å². The molecule has 0 unspecified atom stereocenters. The Kier molecular flexibility index (Phi) is 4.97. The molecule has 0 aliphatic carbocycles. The molecule has 16 heavy (non-hydrogen) atoms. The Morgan fingerprint density at radius 3 is 2.56 bits per heavy atom. The fourth-order valence-electron chi connectivity index (χ4n) is 1.55. The van der Waals surface area contributed by atoms with Crippen molar-refractivity contribution in [1.82, 2.24) is 9.03 Å². The Bertz CT molecular complexity index is 335. The zero-order chi connectivity index (χ0) is 12.0. The quantitative estimate of drug-likeness (QED) is 0.263. The molecular weight excluding hydrogens is 232 g/mol. The largest absolute Gasteiger partial charge is 0.409 e. The average molecular weight is 250 g/mol. The molecule has 94 valence electrons. The number of piperidine rings is 1. The van der Waals surface area contributed by atoms with Crippen LogP contribution >= 0.6 is 0 Å². The lowest BCUT2D eigenvalue weighted by atomic mass is 10.2. The van der Waals surface area contributed by atoms with Gasteiger partial charge in [-0.3, -0.25) is 0 Å². The van der Waals surface area contributed by atoms with E-state index in [1.807, 2.05) is 0 Å². The molecule has 1 heterocycles. The van der Waals surface area contributed by atoms with Crippen molar-refractivity contribution in [1.29, 1.82) is 0 Å². The maximum absolute atomic E-state index is 11.7. The molecule has 0 aromatic rings. The van der Waals surface area contributed by atoms with Gasteiger partial charge in [0, 0.05) is 26.1 Å². The van der Waals surface area contributed by atoms with Gasteiger partial charge in [0.25, 0.3) is 10.2 Å². The smallest absolute Gasteiger partial charge is 0.279 e. The normalized spacial score (nSPS) is 19.9. The van der Waals surface area contributed by atoms with E-state index in [-0.39, 0.29) is 18.8 Å². The first-order valence-electron chi connectivity index (χ1n) is 5.27. The Hall–Kier alpha value is -0.860. The third-order valence-electron chi connectivity index (χ3n) is 2.45. The van der Waals surface area contributed by atoms with Crippen LogP contribution in [0.4, 0.5) is 0 Å². The average Bonchev–Trinajstić information content (AvgIpc) is 2.30. The maximum atomic E-state index is 11.7. The highest BCUT2D eigenvalue weighted by molar-refractivity contribution is 7.87. The first-order chi connectivity index (χ1) is 7.56. The summed E-state index contributed by atoms with van der Waals surface area (Å²) < 4.78 is 27.3. The molecule has 1 saturated heterocycles. The van der Waals surface area contributed by atoms with Crippen molar-refractivity contribution in [3.05, 3.63) is 0 Å². The van der Waals surface area contributed by atoms with E-state index in [1.165, 1.54) is 4.31 Å². The monoisotopic (exact) mass is 250 g/mol. The summed E-state index contributed by atoms with van der Waals surface area (Å²) in [6.07, 6.45) is 3.09. The van der Waals surface area contributed by atoms with Crippen molar-refractivity contribution in [2.24, 2.45) is 10.9 Å². The van der Waals surface area contributed by atoms with Crippen LogP contribution < -0.4 is 10.5 Å². The maximum Gasteiger partial charge on any atom is 0.279 e.